The maximum Gasteiger partial charge on any atom is 0.408 e. The molecule has 0 amide bonds. The van der Waals surface area contributed by atoms with Gasteiger partial charge in [-0.2, -0.15) is 18.3 Å². The van der Waals surface area contributed by atoms with E-state index in [-0.39, 0.29) is 35.0 Å². The SMILES string of the molecule is Nc1nc(-c2nn(Cc3ccccc3F)c3ncccc23)nc2c1nnn2CC(F)(F)F. The van der Waals surface area contributed by atoms with Crippen molar-refractivity contribution < 1.29 is 17.6 Å². The highest BCUT2D eigenvalue weighted by atomic mass is 19.4. The van der Waals surface area contributed by atoms with Gasteiger partial charge in [-0.3, -0.25) is 0 Å². The van der Waals surface area contributed by atoms with Crippen LogP contribution in [0.15, 0.2) is 42.6 Å². The zero-order chi connectivity index (χ0) is 22.5. The highest BCUT2D eigenvalue weighted by molar-refractivity contribution is 5.91. The van der Waals surface area contributed by atoms with Crippen molar-refractivity contribution in [1.82, 2.24) is 39.7 Å². The summed E-state index contributed by atoms with van der Waals surface area (Å²) in [7, 11) is 0. The minimum absolute atomic E-state index is 0.0222. The standard InChI is InChI=1S/C19H13F4N9/c20-12-6-2-1-4-10(12)8-31-17-11(5-3-7-25-17)13(29-31)16-26-15(24)14-18(27-16)32(30-28-14)9-19(21,22)23/h1-7H,8-9H2,(H2,24,26,27). The summed E-state index contributed by atoms with van der Waals surface area (Å²) in [5.41, 5.74) is 6.74. The van der Waals surface area contributed by atoms with Crippen molar-refractivity contribution in [3.05, 3.63) is 54.0 Å². The van der Waals surface area contributed by atoms with E-state index in [1.807, 2.05) is 0 Å². The summed E-state index contributed by atoms with van der Waals surface area (Å²) in [6.45, 7) is -1.31. The molecule has 0 saturated carbocycles. The van der Waals surface area contributed by atoms with Gasteiger partial charge in [-0.1, -0.05) is 23.4 Å². The molecule has 5 rings (SSSR count). The summed E-state index contributed by atoms with van der Waals surface area (Å²) >= 11 is 0. The van der Waals surface area contributed by atoms with E-state index in [4.69, 9.17) is 5.73 Å². The Labute approximate surface area is 176 Å². The van der Waals surface area contributed by atoms with E-state index < -0.39 is 18.5 Å². The fourth-order valence-electron chi connectivity index (χ4n) is 3.33. The first-order chi connectivity index (χ1) is 15.3. The maximum atomic E-state index is 14.2. The van der Waals surface area contributed by atoms with Gasteiger partial charge in [0.15, 0.2) is 28.5 Å². The number of rotatable bonds is 4. The minimum atomic E-state index is -4.53. The van der Waals surface area contributed by atoms with Crippen LogP contribution >= 0.6 is 0 Å². The van der Waals surface area contributed by atoms with Crippen molar-refractivity contribution in [3.8, 4) is 11.5 Å². The summed E-state index contributed by atoms with van der Waals surface area (Å²) in [6, 6.07) is 9.60. The number of alkyl halides is 3. The van der Waals surface area contributed by atoms with Crippen LogP contribution in [0.3, 0.4) is 0 Å². The number of benzene rings is 1. The lowest BCUT2D eigenvalue weighted by molar-refractivity contribution is -0.142. The number of fused-ring (bicyclic) bond motifs is 2. The molecule has 0 aliphatic heterocycles. The highest BCUT2D eigenvalue weighted by Gasteiger charge is 2.30. The fourth-order valence-corrected chi connectivity index (χ4v) is 3.33. The van der Waals surface area contributed by atoms with Gasteiger partial charge in [0.05, 0.1) is 11.9 Å². The molecule has 162 valence electrons. The number of hydrogen-bond donors (Lipinski definition) is 1. The van der Waals surface area contributed by atoms with Crippen molar-refractivity contribution in [2.75, 3.05) is 5.73 Å². The Balaban J connectivity index is 1.66. The van der Waals surface area contributed by atoms with Crippen molar-refractivity contribution in [1.29, 1.82) is 0 Å². The Bertz CT molecular complexity index is 1450. The van der Waals surface area contributed by atoms with Crippen LogP contribution in [0.4, 0.5) is 23.4 Å². The fraction of sp³-hybridized carbons (Fsp3) is 0.158. The molecule has 0 aliphatic rings. The van der Waals surface area contributed by atoms with E-state index in [1.54, 1.807) is 36.5 Å². The van der Waals surface area contributed by atoms with Crippen LogP contribution in [0.5, 0.6) is 0 Å². The Kier molecular flexibility index (Phi) is 4.46. The molecule has 4 heterocycles. The summed E-state index contributed by atoms with van der Waals surface area (Å²) in [6.07, 6.45) is -2.98. The van der Waals surface area contributed by atoms with Crippen LogP contribution in [0.1, 0.15) is 5.56 Å². The molecule has 0 radical (unpaired) electrons. The van der Waals surface area contributed by atoms with Crippen LogP contribution in [0, 0.1) is 5.82 Å². The Morgan fingerprint density at radius 1 is 0.969 bits per heavy atom. The van der Waals surface area contributed by atoms with Gasteiger partial charge in [-0.15, -0.1) is 5.10 Å². The number of anilines is 1. The van der Waals surface area contributed by atoms with E-state index in [2.05, 4.69) is 30.4 Å². The first-order valence-electron chi connectivity index (χ1n) is 9.29. The number of nitrogen functional groups attached to an aromatic ring is 1. The lowest BCUT2D eigenvalue weighted by Gasteiger charge is -2.06. The normalized spacial score (nSPS) is 12.1. The zero-order valence-corrected chi connectivity index (χ0v) is 16.1. The second-order valence-electron chi connectivity index (χ2n) is 6.94. The molecule has 0 bridgehead atoms. The molecule has 0 aliphatic carbocycles. The first kappa shape index (κ1) is 19.8. The van der Waals surface area contributed by atoms with Gasteiger partial charge in [-0.05, 0) is 18.2 Å². The van der Waals surface area contributed by atoms with Crippen LogP contribution < -0.4 is 5.73 Å². The van der Waals surface area contributed by atoms with Crippen molar-refractivity contribution in [2.24, 2.45) is 0 Å². The number of halogens is 4. The molecular formula is C19H13F4N9. The van der Waals surface area contributed by atoms with Gasteiger partial charge < -0.3 is 5.73 Å². The summed E-state index contributed by atoms with van der Waals surface area (Å²) < 4.78 is 55.0. The van der Waals surface area contributed by atoms with E-state index >= 15 is 0 Å². The monoisotopic (exact) mass is 443 g/mol. The minimum Gasteiger partial charge on any atom is -0.382 e. The quantitative estimate of drug-likeness (QED) is 0.425. The number of hydrogen-bond acceptors (Lipinski definition) is 7. The third kappa shape index (κ3) is 3.46. The molecule has 0 fully saturated rings. The molecule has 9 nitrogen and oxygen atoms in total. The number of nitrogens with zero attached hydrogens (tertiary/aromatic N) is 8. The molecule has 1 aromatic carbocycles. The number of pyridine rings is 1. The second kappa shape index (κ2) is 7.21. The van der Waals surface area contributed by atoms with Gasteiger partial charge in [0.25, 0.3) is 0 Å². The predicted octanol–water partition coefficient (Wildman–Crippen LogP) is 2.96. The van der Waals surface area contributed by atoms with Crippen molar-refractivity contribution in [2.45, 2.75) is 19.3 Å². The summed E-state index contributed by atoms with van der Waals surface area (Å²) in [4.78, 5) is 12.7. The summed E-state index contributed by atoms with van der Waals surface area (Å²) in [5, 5.41) is 12.1. The van der Waals surface area contributed by atoms with E-state index in [0.29, 0.717) is 21.3 Å². The molecular weight excluding hydrogens is 430 g/mol. The molecule has 2 N–H and O–H groups in total. The van der Waals surface area contributed by atoms with Crippen LogP contribution in [0.2, 0.25) is 0 Å². The molecule has 13 heteroatoms. The average Bonchev–Trinajstić information content (AvgIpc) is 3.31. The van der Waals surface area contributed by atoms with Crippen LogP contribution in [0.25, 0.3) is 33.7 Å². The van der Waals surface area contributed by atoms with Crippen LogP contribution in [-0.2, 0) is 13.1 Å². The highest BCUT2D eigenvalue weighted by Crippen LogP contribution is 2.28. The Morgan fingerprint density at radius 2 is 1.78 bits per heavy atom. The predicted molar refractivity (Wildman–Crippen MR) is 106 cm³/mol. The van der Waals surface area contributed by atoms with Gasteiger partial charge >= 0.3 is 6.18 Å². The van der Waals surface area contributed by atoms with Gasteiger partial charge in [0.2, 0.25) is 0 Å². The van der Waals surface area contributed by atoms with E-state index in [0.717, 1.165) is 0 Å². The number of aromatic nitrogens is 8. The molecule has 0 unspecified atom stereocenters. The van der Waals surface area contributed by atoms with Crippen molar-refractivity contribution in [3.63, 3.8) is 0 Å². The smallest absolute Gasteiger partial charge is 0.382 e. The van der Waals surface area contributed by atoms with Gasteiger partial charge in [0, 0.05) is 11.8 Å². The molecule has 5 aromatic rings. The Morgan fingerprint density at radius 3 is 2.56 bits per heavy atom. The molecule has 4 aromatic heterocycles. The van der Waals surface area contributed by atoms with Gasteiger partial charge in [-0.25, -0.2) is 28.7 Å². The lowest BCUT2D eigenvalue weighted by Crippen LogP contribution is -2.19. The second-order valence-corrected chi connectivity index (χ2v) is 6.94. The maximum absolute atomic E-state index is 14.2. The third-order valence-corrected chi connectivity index (χ3v) is 4.72. The zero-order valence-electron chi connectivity index (χ0n) is 16.1. The lowest BCUT2D eigenvalue weighted by atomic mass is 10.2. The third-order valence-electron chi connectivity index (χ3n) is 4.72. The van der Waals surface area contributed by atoms with Gasteiger partial charge in [0.1, 0.15) is 18.1 Å². The molecule has 0 atom stereocenters. The molecule has 0 saturated heterocycles. The van der Waals surface area contributed by atoms with E-state index in [9.17, 15) is 17.6 Å². The van der Waals surface area contributed by atoms with Crippen LogP contribution in [-0.4, -0.2) is 45.9 Å². The topological polar surface area (TPSA) is 113 Å². The average molecular weight is 443 g/mol. The molecule has 0 spiro atoms. The number of nitrogens with two attached hydrogens (primary N) is 1. The first-order valence-corrected chi connectivity index (χ1v) is 9.29. The largest absolute Gasteiger partial charge is 0.408 e. The molecule has 32 heavy (non-hydrogen) atoms. The Hall–Kier alpha value is -4.16. The van der Waals surface area contributed by atoms with E-state index in [1.165, 1.54) is 10.7 Å². The van der Waals surface area contributed by atoms with Crippen molar-refractivity contribution >= 4 is 28.0 Å². The summed E-state index contributed by atoms with van der Waals surface area (Å²) in [5.74, 6) is -0.567.